The van der Waals surface area contributed by atoms with E-state index in [-0.39, 0.29) is 16.8 Å². The van der Waals surface area contributed by atoms with Crippen molar-refractivity contribution in [1.29, 1.82) is 0 Å². The van der Waals surface area contributed by atoms with Crippen LogP contribution in [0.4, 0.5) is 5.69 Å². The Balaban J connectivity index is 1.80. The van der Waals surface area contributed by atoms with E-state index in [2.05, 4.69) is 10.0 Å². The number of hydrogen-bond donors (Lipinski definition) is 2. The van der Waals surface area contributed by atoms with E-state index in [0.29, 0.717) is 23.4 Å². The standard InChI is InChI=1S/C25H29N3O3S/c1-18-14-15-21(32(30,31)27-23-13-9-8-10-19(23)2)16-22(18)25(29)26-17-24(28(3)4)20-11-6-5-7-12-20/h5-16,24,27H,17H2,1-4H3,(H,26,29)/t24-/m0/s1. The van der Waals surface area contributed by atoms with Gasteiger partial charge in [-0.1, -0.05) is 54.6 Å². The Morgan fingerprint density at radius 3 is 2.22 bits per heavy atom. The molecule has 0 saturated carbocycles. The summed E-state index contributed by atoms with van der Waals surface area (Å²) in [7, 11) is 0.0812. The van der Waals surface area contributed by atoms with Gasteiger partial charge in [-0.15, -0.1) is 0 Å². The molecule has 0 aromatic heterocycles. The van der Waals surface area contributed by atoms with Crippen LogP contribution >= 0.6 is 0 Å². The average molecular weight is 452 g/mol. The molecule has 168 valence electrons. The minimum Gasteiger partial charge on any atom is -0.350 e. The van der Waals surface area contributed by atoms with Gasteiger partial charge >= 0.3 is 0 Å². The molecule has 0 aliphatic carbocycles. The maximum Gasteiger partial charge on any atom is 0.261 e. The zero-order valence-corrected chi connectivity index (χ0v) is 19.6. The van der Waals surface area contributed by atoms with Crippen LogP contribution in [0.25, 0.3) is 0 Å². The lowest BCUT2D eigenvalue weighted by molar-refractivity contribution is 0.0941. The van der Waals surface area contributed by atoms with E-state index in [1.165, 1.54) is 12.1 Å². The van der Waals surface area contributed by atoms with Crippen LogP contribution in [0.1, 0.15) is 33.1 Å². The number of amides is 1. The number of anilines is 1. The fourth-order valence-corrected chi connectivity index (χ4v) is 4.62. The molecule has 0 bridgehead atoms. The van der Waals surface area contributed by atoms with Crippen LogP contribution in [-0.4, -0.2) is 39.9 Å². The Kier molecular flexibility index (Phi) is 7.33. The fourth-order valence-electron chi connectivity index (χ4n) is 3.46. The van der Waals surface area contributed by atoms with Crippen LogP contribution in [-0.2, 0) is 10.0 Å². The maximum atomic E-state index is 13.0. The molecule has 0 unspecified atom stereocenters. The van der Waals surface area contributed by atoms with Gasteiger partial charge in [-0.3, -0.25) is 9.52 Å². The largest absolute Gasteiger partial charge is 0.350 e. The molecule has 0 aliphatic rings. The van der Waals surface area contributed by atoms with Crippen LogP contribution < -0.4 is 10.0 Å². The fraction of sp³-hybridized carbons (Fsp3) is 0.240. The van der Waals surface area contributed by atoms with Crippen molar-refractivity contribution in [3.8, 4) is 0 Å². The molecule has 3 aromatic carbocycles. The number of carbonyl (C=O) groups excluding carboxylic acids is 1. The van der Waals surface area contributed by atoms with E-state index >= 15 is 0 Å². The lowest BCUT2D eigenvalue weighted by Crippen LogP contribution is -2.35. The highest BCUT2D eigenvalue weighted by atomic mass is 32.2. The highest BCUT2D eigenvalue weighted by molar-refractivity contribution is 7.92. The van der Waals surface area contributed by atoms with E-state index in [9.17, 15) is 13.2 Å². The quantitative estimate of drug-likeness (QED) is 0.540. The Morgan fingerprint density at radius 2 is 1.56 bits per heavy atom. The predicted octanol–water partition coefficient (Wildman–Crippen LogP) is 4.14. The van der Waals surface area contributed by atoms with Gasteiger partial charge in [-0.2, -0.15) is 0 Å². The summed E-state index contributed by atoms with van der Waals surface area (Å²) in [5, 5.41) is 2.96. The van der Waals surface area contributed by atoms with E-state index in [0.717, 1.165) is 11.1 Å². The molecule has 6 nitrogen and oxygen atoms in total. The molecule has 0 fully saturated rings. The number of hydrogen-bond acceptors (Lipinski definition) is 4. The van der Waals surface area contributed by atoms with Crippen molar-refractivity contribution in [1.82, 2.24) is 10.2 Å². The number of nitrogens with zero attached hydrogens (tertiary/aromatic N) is 1. The minimum absolute atomic E-state index is 0.00454. The van der Waals surface area contributed by atoms with Crippen molar-refractivity contribution in [2.45, 2.75) is 24.8 Å². The van der Waals surface area contributed by atoms with Gasteiger partial charge in [0, 0.05) is 12.1 Å². The first-order valence-electron chi connectivity index (χ1n) is 10.4. The summed E-state index contributed by atoms with van der Waals surface area (Å²) >= 11 is 0. The van der Waals surface area contributed by atoms with Crippen LogP contribution in [0.5, 0.6) is 0 Å². The van der Waals surface area contributed by atoms with Crippen molar-refractivity contribution >= 4 is 21.6 Å². The highest BCUT2D eigenvalue weighted by Crippen LogP contribution is 2.22. The summed E-state index contributed by atoms with van der Waals surface area (Å²) < 4.78 is 28.5. The number of sulfonamides is 1. The zero-order chi connectivity index (χ0) is 23.3. The van der Waals surface area contributed by atoms with Gasteiger partial charge in [0.05, 0.1) is 16.6 Å². The molecule has 0 saturated heterocycles. The smallest absolute Gasteiger partial charge is 0.261 e. The van der Waals surface area contributed by atoms with Gasteiger partial charge in [-0.05, 0) is 62.8 Å². The molecule has 1 atom stereocenters. The first-order chi connectivity index (χ1) is 15.2. The number of nitrogens with one attached hydrogen (secondary N) is 2. The molecule has 0 spiro atoms. The Bertz CT molecular complexity index is 1190. The molecular weight excluding hydrogens is 422 g/mol. The first-order valence-corrected chi connectivity index (χ1v) is 11.9. The van der Waals surface area contributed by atoms with Crippen LogP contribution in [0.3, 0.4) is 0 Å². The Labute approximate surface area is 190 Å². The summed E-state index contributed by atoms with van der Waals surface area (Å²) in [6.45, 7) is 4.02. The molecule has 7 heteroatoms. The zero-order valence-electron chi connectivity index (χ0n) is 18.8. The summed E-state index contributed by atoms with van der Waals surface area (Å²) in [6, 6.07) is 21.7. The van der Waals surface area contributed by atoms with Crippen LogP contribution in [0.15, 0.2) is 77.7 Å². The molecule has 3 aromatic rings. The second-order valence-corrected chi connectivity index (χ2v) is 9.68. The third kappa shape index (κ3) is 5.55. The third-order valence-corrected chi connectivity index (χ3v) is 6.78. The number of likely N-dealkylation sites (N-methyl/N-ethyl adjacent to an activating group) is 1. The van der Waals surface area contributed by atoms with Crippen LogP contribution in [0, 0.1) is 13.8 Å². The molecule has 0 heterocycles. The van der Waals surface area contributed by atoms with E-state index < -0.39 is 10.0 Å². The maximum absolute atomic E-state index is 13.0. The number of aryl methyl sites for hydroxylation is 2. The predicted molar refractivity (Wildman–Crippen MR) is 128 cm³/mol. The van der Waals surface area contributed by atoms with E-state index in [1.54, 1.807) is 25.1 Å². The topological polar surface area (TPSA) is 78.5 Å². The summed E-state index contributed by atoms with van der Waals surface area (Å²) in [5.74, 6) is -0.307. The normalized spacial score (nSPS) is 12.4. The van der Waals surface area contributed by atoms with Gasteiger partial charge < -0.3 is 10.2 Å². The van der Waals surface area contributed by atoms with Crippen molar-refractivity contribution in [3.05, 3.63) is 95.1 Å². The summed E-state index contributed by atoms with van der Waals surface area (Å²) in [6.07, 6.45) is 0. The monoisotopic (exact) mass is 451 g/mol. The SMILES string of the molecule is Cc1ccccc1NS(=O)(=O)c1ccc(C)c(C(=O)NC[C@@H](c2ccccc2)N(C)C)c1. The van der Waals surface area contributed by atoms with Gasteiger partial charge in [0.1, 0.15) is 0 Å². The van der Waals surface area contributed by atoms with E-state index in [1.807, 2.05) is 68.4 Å². The number of benzene rings is 3. The third-order valence-electron chi connectivity index (χ3n) is 5.42. The Hall–Kier alpha value is -3.16. The number of carbonyl (C=O) groups is 1. The summed E-state index contributed by atoms with van der Waals surface area (Å²) in [4.78, 5) is 15.1. The van der Waals surface area contributed by atoms with E-state index in [4.69, 9.17) is 0 Å². The number of para-hydroxylation sites is 1. The van der Waals surface area contributed by atoms with Crippen LogP contribution in [0.2, 0.25) is 0 Å². The van der Waals surface area contributed by atoms with Crippen molar-refractivity contribution < 1.29 is 13.2 Å². The molecular formula is C25H29N3O3S. The lowest BCUT2D eigenvalue weighted by Gasteiger charge is -2.25. The first kappa shape index (κ1) is 23.5. The second-order valence-electron chi connectivity index (χ2n) is 8.00. The second kappa shape index (κ2) is 9.97. The Morgan fingerprint density at radius 1 is 0.906 bits per heavy atom. The highest BCUT2D eigenvalue weighted by Gasteiger charge is 2.20. The average Bonchev–Trinajstić information content (AvgIpc) is 2.76. The van der Waals surface area contributed by atoms with Crippen molar-refractivity contribution in [3.63, 3.8) is 0 Å². The van der Waals surface area contributed by atoms with Crippen molar-refractivity contribution in [2.75, 3.05) is 25.4 Å². The minimum atomic E-state index is -3.83. The van der Waals surface area contributed by atoms with Gasteiger partial charge in [0.25, 0.3) is 15.9 Å². The van der Waals surface area contributed by atoms with Gasteiger partial charge in [0.2, 0.25) is 0 Å². The lowest BCUT2D eigenvalue weighted by atomic mass is 10.1. The molecule has 32 heavy (non-hydrogen) atoms. The van der Waals surface area contributed by atoms with Gasteiger partial charge in [-0.25, -0.2) is 8.42 Å². The molecule has 3 rings (SSSR count). The van der Waals surface area contributed by atoms with Crippen molar-refractivity contribution in [2.24, 2.45) is 0 Å². The molecule has 2 N–H and O–H groups in total. The molecule has 1 amide bonds. The van der Waals surface area contributed by atoms with Gasteiger partial charge in [0.15, 0.2) is 0 Å². The molecule has 0 radical (unpaired) electrons. The summed E-state index contributed by atoms with van der Waals surface area (Å²) in [5.41, 5.74) is 3.46. The number of rotatable bonds is 8. The molecule has 0 aliphatic heterocycles.